The van der Waals surface area contributed by atoms with Gasteiger partial charge in [0.2, 0.25) is 0 Å². The van der Waals surface area contributed by atoms with Crippen molar-refractivity contribution in [2.75, 3.05) is 12.4 Å². The molecule has 7 heteroatoms. The summed E-state index contributed by atoms with van der Waals surface area (Å²) in [5, 5.41) is 8.21. The molecule has 0 unspecified atom stereocenters. The van der Waals surface area contributed by atoms with Gasteiger partial charge in [-0.05, 0) is 49.1 Å². The fraction of sp³-hybridized carbons (Fsp3) is 0.214. The van der Waals surface area contributed by atoms with Crippen LogP contribution in [-0.4, -0.2) is 18.8 Å². The molecule has 0 saturated heterocycles. The van der Waals surface area contributed by atoms with Crippen molar-refractivity contribution in [1.29, 1.82) is 0 Å². The van der Waals surface area contributed by atoms with Crippen LogP contribution in [0, 0.1) is 5.82 Å². The lowest BCUT2D eigenvalue weighted by Gasteiger charge is -2.37. The van der Waals surface area contributed by atoms with Crippen LogP contribution in [0.2, 0.25) is 0 Å². The van der Waals surface area contributed by atoms with Gasteiger partial charge >= 0.3 is 0 Å². The van der Waals surface area contributed by atoms with E-state index >= 15 is 0 Å². The van der Waals surface area contributed by atoms with Gasteiger partial charge in [0.15, 0.2) is 5.78 Å². The third-order valence-corrected chi connectivity index (χ3v) is 7.58. The first kappa shape index (κ1) is 23.1. The van der Waals surface area contributed by atoms with Crippen LogP contribution >= 0.6 is 11.3 Å². The first-order valence-corrected chi connectivity index (χ1v) is 12.3. The number of allylic oxidation sites excluding steroid dienone is 3. The van der Waals surface area contributed by atoms with E-state index in [0.717, 1.165) is 11.3 Å². The number of benzene rings is 2. The van der Waals surface area contributed by atoms with E-state index in [4.69, 9.17) is 4.74 Å². The lowest BCUT2D eigenvalue weighted by atomic mass is 9.72. The van der Waals surface area contributed by atoms with Gasteiger partial charge in [-0.3, -0.25) is 9.59 Å². The zero-order valence-corrected chi connectivity index (χ0v) is 20.2. The van der Waals surface area contributed by atoms with Crippen LogP contribution < -0.4 is 15.4 Å². The third-order valence-electron chi connectivity index (χ3n) is 6.55. The molecule has 2 aromatic carbocycles. The van der Waals surface area contributed by atoms with Crippen molar-refractivity contribution < 1.29 is 18.7 Å². The van der Waals surface area contributed by atoms with Crippen molar-refractivity contribution >= 4 is 28.7 Å². The minimum absolute atomic E-state index is 0.0108. The average Bonchev–Trinajstić information content (AvgIpc) is 3.38. The van der Waals surface area contributed by atoms with Crippen LogP contribution in [0.5, 0.6) is 5.75 Å². The molecule has 2 aliphatic rings. The second-order valence-electron chi connectivity index (χ2n) is 8.74. The number of anilines is 1. The molecule has 1 aliphatic carbocycles. The number of carbonyl (C=O) groups excluding carboxylic acids is 2. The van der Waals surface area contributed by atoms with Crippen molar-refractivity contribution in [3.63, 3.8) is 0 Å². The maximum Gasteiger partial charge on any atom is 0.254 e. The number of thiophene rings is 1. The number of halogens is 1. The maximum atomic E-state index is 13.8. The third kappa shape index (κ3) is 4.39. The van der Waals surface area contributed by atoms with Gasteiger partial charge in [0.05, 0.1) is 13.0 Å². The number of para-hydroxylation sites is 1. The van der Waals surface area contributed by atoms with Crippen LogP contribution in [0.4, 0.5) is 10.1 Å². The molecule has 0 saturated carbocycles. The summed E-state index contributed by atoms with van der Waals surface area (Å²) < 4.78 is 19.4. The average molecular weight is 489 g/mol. The molecule has 2 atom stereocenters. The first-order valence-electron chi connectivity index (χ1n) is 11.4. The summed E-state index contributed by atoms with van der Waals surface area (Å²) in [7, 11) is 1.58. The van der Waals surface area contributed by atoms with Gasteiger partial charge in [-0.2, -0.15) is 0 Å². The van der Waals surface area contributed by atoms with Crippen LogP contribution in [0.15, 0.2) is 88.6 Å². The van der Waals surface area contributed by atoms with Gasteiger partial charge in [-0.1, -0.05) is 30.3 Å². The predicted molar refractivity (Wildman–Crippen MR) is 135 cm³/mol. The van der Waals surface area contributed by atoms with Crippen LogP contribution in [0.1, 0.15) is 42.0 Å². The number of nitrogens with one attached hydrogen (secondary N) is 2. The smallest absolute Gasteiger partial charge is 0.254 e. The molecule has 1 amide bonds. The summed E-state index contributed by atoms with van der Waals surface area (Å²) in [6, 6.07) is 17.3. The van der Waals surface area contributed by atoms with Crippen LogP contribution in [0.25, 0.3) is 0 Å². The molecule has 1 aromatic heterocycles. The molecule has 3 aromatic rings. The standard InChI is InChI=1S/C28H25FN2O3S/c1-16-25(28(33)31-19-8-5-7-18(29)15-19)26(20-9-3-4-10-23(20)34-2)27-21(30-16)13-17(14-22(27)32)24-11-6-12-35-24/h3-12,15,17,26,30H,13-14H2,1-2H3,(H,31,33)/t17-,26-/m1/s1. The van der Waals surface area contributed by atoms with Gasteiger partial charge in [0.25, 0.3) is 5.91 Å². The number of hydrogen-bond acceptors (Lipinski definition) is 5. The lowest BCUT2D eigenvalue weighted by Crippen LogP contribution is -2.37. The Labute approximate surface area is 207 Å². The zero-order chi connectivity index (χ0) is 24.5. The number of rotatable bonds is 5. The Morgan fingerprint density at radius 1 is 1.11 bits per heavy atom. The fourth-order valence-corrected chi connectivity index (χ4v) is 5.88. The lowest BCUT2D eigenvalue weighted by molar-refractivity contribution is -0.116. The highest BCUT2D eigenvalue weighted by molar-refractivity contribution is 7.10. The van der Waals surface area contributed by atoms with E-state index in [-0.39, 0.29) is 11.7 Å². The normalized spacial score (nSPS) is 19.8. The van der Waals surface area contributed by atoms with E-state index in [1.807, 2.05) is 42.6 Å². The maximum absolute atomic E-state index is 13.8. The summed E-state index contributed by atoms with van der Waals surface area (Å²) in [4.78, 5) is 28.4. The minimum Gasteiger partial charge on any atom is -0.496 e. The number of ether oxygens (including phenoxy) is 1. The van der Waals surface area contributed by atoms with Crippen molar-refractivity contribution in [1.82, 2.24) is 5.32 Å². The number of methoxy groups -OCH3 is 1. The van der Waals surface area contributed by atoms with Crippen molar-refractivity contribution in [3.05, 3.63) is 105 Å². The summed E-state index contributed by atoms with van der Waals surface area (Å²) in [6.45, 7) is 1.84. The second-order valence-corrected chi connectivity index (χ2v) is 9.72. The minimum atomic E-state index is -0.604. The Morgan fingerprint density at radius 3 is 2.69 bits per heavy atom. The largest absolute Gasteiger partial charge is 0.496 e. The van der Waals surface area contributed by atoms with Gasteiger partial charge in [-0.15, -0.1) is 11.3 Å². The number of ketones is 1. The van der Waals surface area contributed by atoms with E-state index in [1.165, 1.54) is 17.0 Å². The van der Waals surface area contributed by atoms with E-state index in [9.17, 15) is 14.0 Å². The summed E-state index contributed by atoms with van der Waals surface area (Å²) in [5.41, 5.74) is 3.61. The molecule has 178 valence electrons. The summed E-state index contributed by atoms with van der Waals surface area (Å²) in [5.74, 6) is -0.727. The monoisotopic (exact) mass is 488 g/mol. The first-order chi connectivity index (χ1) is 17.0. The van der Waals surface area contributed by atoms with Gasteiger partial charge in [-0.25, -0.2) is 4.39 Å². The summed E-state index contributed by atoms with van der Waals surface area (Å²) >= 11 is 1.65. The van der Waals surface area contributed by atoms with Crippen LogP contribution in [-0.2, 0) is 9.59 Å². The van der Waals surface area contributed by atoms with E-state index in [1.54, 1.807) is 30.6 Å². The second kappa shape index (κ2) is 9.50. The number of carbonyl (C=O) groups is 2. The molecule has 35 heavy (non-hydrogen) atoms. The Morgan fingerprint density at radius 2 is 1.94 bits per heavy atom. The highest BCUT2D eigenvalue weighted by atomic mass is 32.1. The van der Waals surface area contributed by atoms with Crippen molar-refractivity contribution in [3.8, 4) is 5.75 Å². The Kier molecular flexibility index (Phi) is 6.26. The number of Topliss-reactive ketones (excluding diaryl/α,β-unsaturated/α-hetero) is 1. The molecular weight excluding hydrogens is 463 g/mol. The molecular formula is C28H25FN2O3S. The number of dihydropyridines is 1. The zero-order valence-electron chi connectivity index (χ0n) is 19.4. The quantitative estimate of drug-likeness (QED) is 0.470. The van der Waals surface area contributed by atoms with Gasteiger partial charge in [0.1, 0.15) is 11.6 Å². The van der Waals surface area contributed by atoms with Crippen LogP contribution in [0.3, 0.4) is 0 Å². The van der Waals surface area contributed by atoms with Crippen molar-refractivity contribution in [2.45, 2.75) is 31.6 Å². The molecule has 2 N–H and O–H groups in total. The number of amides is 1. The van der Waals surface area contributed by atoms with E-state index in [0.29, 0.717) is 41.1 Å². The molecule has 5 nitrogen and oxygen atoms in total. The highest BCUT2D eigenvalue weighted by Crippen LogP contribution is 2.48. The molecule has 0 fully saturated rings. The Bertz CT molecular complexity index is 1360. The molecule has 0 spiro atoms. The molecule has 2 heterocycles. The van der Waals surface area contributed by atoms with E-state index in [2.05, 4.69) is 16.7 Å². The number of hydrogen-bond donors (Lipinski definition) is 2. The SMILES string of the molecule is COc1ccccc1[C@@H]1C(C(=O)Nc2cccc(F)c2)=C(C)NC2=C1C(=O)C[C@H](c1cccs1)C2. The fourth-order valence-electron chi connectivity index (χ4n) is 5.05. The summed E-state index contributed by atoms with van der Waals surface area (Å²) in [6.07, 6.45) is 1.06. The highest BCUT2D eigenvalue weighted by Gasteiger charge is 2.42. The predicted octanol–water partition coefficient (Wildman–Crippen LogP) is 5.90. The molecule has 0 radical (unpaired) electrons. The molecule has 0 bridgehead atoms. The van der Waals surface area contributed by atoms with Gasteiger partial charge in [0, 0.05) is 51.0 Å². The van der Waals surface area contributed by atoms with E-state index < -0.39 is 17.6 Å². The molecule has 1 aliphatic heterocycles. The Balaban J connectivity index is 1.60. The Hall–Kier alpha value is -3.71. The van der Waals surface area contributed by atoms with Crippen molar-refractivity contribution in [2.24, 2.45) is 0 Å². The molecule has 5 rings (SSSR count). The topological polar surface area (TPSA) is 67.4 Å². The van der Waals surface area contributed by atoms with Gasteiger partial charge < -0.3 is 15.4 Å².